The number of fused-ring (bicyclic) bond motifs is 1. The van der Waals surface area contributed by atoms with Crippen LogP contribution in [0.15, 0.2) is 85.1 Å². The molecule has 2 fully saturated rings. The van der Waals surface area contributed by atoms with Crippen molar-refractivity contribution in [3.63, 3.8) is 0 Å². The number of ether oxygens (including phenoxy) is 7. The molecule has 0 bridgehead atoms. The molecule has 2 aliphatic heterocycles. The lowest BCUT2D eigenvalue weighted by Gasteiger charge is -2.29. The Labute approximate surface area is 455 Å². The normalized spacial score (nSPS) is 16.5. The minimum Gasteiger partial charge on any atom is -0.382 e. The van der Waals surface area contributed by atoms with Gasteiger partial charge in [-0.3, -0.25) is 29.1 Å². The van der Waals surface area contributed by atoms with Crippen LogP contribution < -0.4 is 15.5 Å². The van der Waals surface area contributed by atoms with Gasteiger partial charge in [-0.25, -0.2) is 0 Å². The summed E-state index contributed by atoms with van der Waals surface area (Å²) in [7, 11) is 5.18. The molecule has 3 heterocycles. The SMILES string of the molecule is COCCOCCOCCOCCOCCOCCOCCN(C)C(=O)[C@@H]1CCCN1CCN(C)C(=O)c1cccc(C(=O)Nc2ccc(N3CCCCC3)cc2-c2cc(C(=O)N[C@H]3CCCc4ccccc43)ccn2)c1. The second-order valence-corrected chi connectivity index (χ2v) is 19.7. The number of aryl methyl sites for hydroxylation is 1. The van der Waals surface area contributed by atoms with E-state index in [0.717, 1.165) is 75.8 Å². The van der Waals surface area contributed by atoms with Crippen molar-refractivity contribution in [2.75, 3.05) is 157 Å². The lowest BCUT2D eigenvalue weighted by molar-refractivity contribution is -0.135. The summed E-state index contributed by atoms with van der Waals surface area (Å²) in [6, 6.07) is 24.2. The van der Waals surface area contributed by atoms with E-state index in [-0.39, 0.29) is 35.7 Å². The maximum atomic E-state index is 14.1. The Morgan fingerprint density at radius 3 is 1.96 bits per heavy atom. The van der Waals surface area contributed by atoms with Gasteiger partial charge in [0.2, 0.25) is 5.91 Å². The zero-order valence-electron chi connectivity index (χ0n) is 45.6. The van der Waals surface area contributed by atoms with Crippen molar-refractivity contribution in [3.05, 3.63) is 113 Å². The number of likely N-dealkylation sites (tertiary alicyclic amines) is 1. The molecule has 1 aromatic heterocycles. The molecule has 77 heavy (non-hydrogen) atoms. The van der Waals surface area contributed by atoms with Crippen LogP contribution in [-0.2, 0) is 44.4 Å². The number of hydrogen-bond donors (Lipinski definition) is 2. The summed E-state index contributed by atoms with van der Waals surface area (Å²) in [6.07, 6.45) is 9.56. The van der Waals surface area contributed by atoms with Gasteiger partial charge in [-0.1, -0.05) is 30.3 Å². The van der Waals surface area contributed by atoms with Crippen molar-refractivity contribution < 1.29 is 52.3 Å². The van der Waals surface area contributed by atoms with Gasteiger partial charge >= 0.3 is 0 Å². The van der Waals surface area contributed by atoms with Crippen LogP contribution in [0.1, 0.15) is 93.2 Å². The Balaban J connectivity index is 0.838. The van der Waals surface area contributed by atoms with Gasteiger partial charge in [-0.05, 0) is 118 Å². The van der Waals surface area contributed by atoms with E-state index < -0.39 is 0 Å². The fourth-order valence-electron chi connectivity index (χ4n) is 9.94. The van der Waals surface area contributed by atoms with E-state index in [2.05, 4.69) is 32.6 Å². The third-order valence-corrected chi connectivity index (χ3v) is 14.3. The summed E-state index contributed by atoms with van der Waals surface area (Å²) in [5, 5.41) is 6.38. The van der Waals surface area contributed by atoms with Gasteiger partial charge in [-0.2, -0.15) is 0 Å². The topological polar surface area (TPSA) is 183 Å². The van der Waals surface area contributed by atoms with E-state index in [1.54, 1.807) is 73.6 Å². The predicted molar refractivity (Wildman–Crippen MR) is 296 cm³/mol. The van der Waals surface area contributed by atoms with Gasteiger partial charge in [0.05, 0.1) is 109 Å². The number of nitrogens with one attached hydrogen (secondary N) is 2. The number of rotatable bonds is 32. The average molecular weight is 1060 g/mol. The van der Waals surface area contributed by atoms with E-state index in [0.29, 0.717) is 139 Å². The Morgan fingerprint density at radius 1 is 0.610 bits per heavy atom. The highest BCUT2D eigenvalue weighted by molar-refractivity contribution is 6.08. The van der Waals surface area contributed by atoms with Gasteiger partial charge in [0.25, 0.3) is 17.7 Å². The summed E-state index contributed by atoms with van der Waals surface area (Å²) >= 11 is 0. The molecule has 1 aliphatic carbocycles. The van der Waals surface area contributed by atoms with Crippen LogP contribution in [0.4, 0.5) is 11.4 Å². The monoisotopic (exact) mass is 1060 g/mol. The van der Waals surface area contributed by atoms with Crippen LogP contribution in [0, 0.1) is 0 Å². The number of hydrogen-bond acceptors (Lipinski definition) is 14. The first-order chi connectivity index (χ1) is 37.7. The Morgan fingerprint density at radius 2 is 1.26 bits per heavy atom. The smallest absolute Gasteiger partial charge is 0.255 e. The zero-order valence-corrected chi connectivity index (χ0v) is 45.6. The Kier molecular flexibility index (Phi) is 24.6. The molecule has 2 atom stereocenters. The molecule has 18 heteroatoms. The number of likely N-dealkylation sites (N-methyl/N-ethyl adjacent to an activating group) is 2. The zero-order chi connectivity index (χ0) is 54.0. The molecular formula is C59H81N7O11. The molecule has 4 amide bonds. The van der Waals surface area contributed by atoms with Crippen LogP contribution >= 0.6 is 0 Å². The molecule has 418 valence electrons. The fraction of sp³-hybridized carbons (Fsp3) is 0.542. The van der Waals surface area contributed by atoms with Crippen LogP contribution in [0.2, 0.25) is 0 Å². The summed E-state index contributed by atoms with van der Waals surface area (Å²) < 4.78 is 38.1. The molecule has 7 rings (SSSR count). The lowest BCUT2D eigenvalue weighted by Crippen LogP contribution is -2.47. The maximum Gasteiger partial charge on any atom is 0.255 e. The quantitative estimate of drug-likeness (QED) is 0.0503. The number of amides is 4. The second-order valence-electron chi connectivity index (χ2n) is 19.7. The third-order valence-electron chi connectivity index (χ3n) is 14.3. The molecule has 0 saturated carbocycles. The van der Waals surface area contributed by atoms with Crippen molar-refractivity contribution in [1.29, 1.82) is 0 Å². The number of pyridine rings is 1. The molecule has 3 aliphatic rings. The summed E-state index contributed by atoms with van der Waals surface area (Å²) in [6.45, 7) is 10.3. The first-order valence-electron chi connectivity index (χ1n) is 27.6. The van der Waals surface area contributed by atoms with E-state index in [9.17, 15) is 19.2 Å². The number of piperidine rings is 1. The number of carbonyl (C=O) groups is 4. The van der Waals surface area contributed by atoms with Crippen LogP contribution in [0.5, 0.6) is 0 Å². The van der Waals surface area contributed by atoms with E-state index in [1.165, 1.54) is 12.0 Å². The molecule has 18 nitrogen and oxygen atoms in total. The maximum absolute atomic E-state index is 14.1. The van der Waals surface area contributed by atoms with E-state index in [4.69, 9.17) is 38.1 Å². The highest BCUT2D eigenvalue weighted by Gasteiger charge is 2.33. The Bertz CT molecular complexity index is 2470. The van der Waals surface area contributed by atoms with Crippen molar-refractivity contribution in [2.45, 2.75) is 63.5 Å². The number of methoxy groups -OCH3 is 1. The number of nitrogens with zero attached hydrogens (tertiary/aromatic N) is 5. The van der Waals surface area contributed by atoms with Gasteiger partial charge in [0.1, 0.15) is 0 Å². The molecule has 0 radical (unpaired) electrons. The summed E-state index contributed by atoms with van der Waals surface area (Å²) in [5.74, 6) is -0.750. The minimum absolute atomic E-state index is 0.0337. The van der Waals surface area contributed by atoms with Crippen LogP contribution in [0.3, 0.4) is 0 Å². The van der Waals surface area contributed by atoms with Crippen LogP contribution in [0.25, 0.3) is 11.3 Å². The highest BCUT2D eigenvalue weighted by Crippen LogP contribution is 2.34. The van der Waals surface area contributed by atoms with Gasteiger partial charge in [-0.15, -0.1) is 0 Å². The standard InChI is InChI=1S/C59H81N7O11/c1-63(26-27-66-25-11-18-55(66)59(70)64(2)28-29-72-32-33-74-36-37-76-40-41-77-39-38-75-35-34-73-31-30-71-3)58(69)48-15-9-14-46(42-48)56(67)62-53-20-19-49(65-23-7-4-8-24-65)44-51(53)54-43-47(21-22-60-54)57(68)61-52-17-10-13-45-12-5-6-16-50(45)52/h5-6,9,12,14-16,19-22,42-44,52,55H,4,7-8,10-11,13,17-18,23-41H2,1-3H3,(H,61,68)(H,62,67)/t52-,55-/m0/s1. The van der Waals surface area contributed by atoms with E-state index >= 15 is 0 Å². The molecular weight excluding hydrogens is 983 g/mol. The number of anilines is 2. The number of benzene rings is 3. The first-order valence-corrected chi connectivity index (χ1v) is 27.6. The fourth-order valence-corrected chi connectivity index (χ4v) is 9.94. The van der Waals surface area contributed by atoms with Crippen molar-refractivity contribution >= 4 is 35.0 Å². The molecule has 4 aromatic rings. The van der Waals surface area contributed by atoms with Crippen LogP contribution in [-0.4, -0.2) is 196 Å². The van der Waals surface area contributed by atoms with Gasteiger partial charge in [0.15, 0.2) is 0 Å². The predicted octanol–water partition coefficient (Wildman–Crippen LogP) is 6.54. The Hall–Kier alpha value is -5.83. The van der Waals surface area contributed by atoms with Gasteiger partial charge in [0, 0.05) is 88.1 Å². The molecule has 3 aromatic carbocycles. The third kappa shape index (κ3) is 18.4. The molecule has 2 saturated heterocycles. The largest absolute Gasteiger partial charge is 0.382 e. The van der Waals surface area contributed by atoms with Gasteiger partial charge < -0.3 is 58.5 Å². The molecule has 2 N–H and O–H groups in total. The van der Waals surface area contributed by atoms with Crippen molar-refractivity contribution in [3.8, 4) is 11.3 Å². The first kappa shape index (κ1) is 58.8. The highest BCUT2D eigenvalue weighted by atomic mass is 16.6. The van der Waals surface area contributed by atoms with Crippen molar-refractivity contribution in [1.82, 2.24) is 25.0 Å². The molecule has 0 spiro atoms. The van der Waals surface area contributed by atoms with Crippen molar-refractivity contribution in [2.24, 2.45) is 0 Å². The minimum atomic E-state index is -0.380. The lowest BCUT2D eigenvalue weighted by atomic mass is 9.87. The number of carbonyl (C=O) groups excluding carboxylic acids is 4. The summed E-state index contributed by atoms with van der Waals surface area (Å²) in [4.78, 5) is 68.0. The van der Waals surface area contributed by atoms with E-state index in [1.807, 2.05) is 30.3 Å². The number of aromatic nitrogens is 1. The average Bonchev–Trinajstić information content (AvgIpc) is 3.95. The second kappa shape index (κ2) is 32.2. The molecule has 0 unspecified atom stereocenters. The summed E-state index contributed by atoms with van der Waals surface area (Å²) in [5.41, 5.74) is 6.45.